The molecule has 184 valence electrons. The second-order valence-electron chi connectivity index (χ2n) is 9.26. The van der Waals surface area contributed by atoms with Crippen LogP contribution < -0.4 is 10.5 Å². The molecule has 2 aromatic carbocycles. The molecule has 1 amide bonds. The highest BCUT2D eigenvalue weighted by Gasteiger charge is 2.26. The van der Waals surface area contributed by atoms with Crippen molar-refractivity contribution in [3.63, 3.8) is 0 Å². The summed E-state index contributed by atoms with van der Waals surface area (Å²) in [5.74, 6) is -0.526. The molecule has 0 spiro atoms. The van der Waals surface area contributed by atoms with Gasteiger partial charge in [0, 0.05) is 17.4 Å². The zero-order valence-corrected chi connectivity index (χ0v) is 20.9. The molecule has 0 atom stereocenters. The summed E-state index contributed by atoms with van der Waals surface area (Å²) < 4.78 is 12.1. The van der Waals surface area contributed by atoms with Crippen LogP contribution in [0.25, 0.3) is 11.1 Å². The van der Waals surface area contributed by atoms with Crippen molar-refractivity contribution < 1.29 is 19.1 Å². The molecule has 0 saturated carbocycles. The summed E-state index contributed by atoms with van der Waals surface area (Å²) in [6.45, 7) is 9.32. The van der Waals surface area contributed by atoms with Crippen LogP contribution in [0.1, 0.15) is 38.8 Å². The van der Waals surface area contributed by atoms with Gasteiger partial charge in [-0.05, 0) is 70.0 Å². The SMILES string of the molecule is CCOC(=O)CN(C(=O)OC(C)(C)C)c1ccc(Cn2cccc(-c3ccc(C)cc3)c2=O)cc1. The topological polar surface area (TPSA) is 77.8 Å². The smallest absolute Gasteiger partial charge is 0.415 e. The summed E-state index contributed by atoms with van der Waals surface area (Å²) in [6, 6.07) is 18.6. The molecule has 0 radical (unpaired) electrons. The van der Waals surface area contributed by atoms with Gasteiger partial charge in [0.1, 0.15) is 12.1 Å². The number of hydrogen-bond acceptors (Lipinski definition) is 5. The van der Waals surface area contributed by atoms with Gasteiger partial charge in [0.05, 0.1) is 13.2 Å². The number of nitrogens with zero attached hydrogens (tertiary/aromatic N) is 2. The van der Waals surface area contributed by atoms with Crippen molar-refractivity contribution in [2.75, 3.05) is 18.1 Å². The van der Waals surface area contributed by atoms with Crippen LogP contribution in [-0.2, 0) is 20.8 Å². The van der Waals surface area contributed by atoms with Crippen molar-refractivity contribution in [2.24, 2.45) is 0 Å². The van der Waals surface area contributed by atoms with Gasteiger partial charge in [-0.25, -0.2) is 4.79 Å². The van der Waals surface area contributed by atoms with Crippen molar-refractivity contribution in [1.29, 1.82) is 0 Å². The van der Waals surface area contributed by atoms with Crippen molar-refractivity contribution in [1.82, 2.24) is 4.57 Å². The van der Waals surface area contributed by atoms with E-state index >= 15 is 0 Å². The van der Waals surface area contributed by atoms with E-state index in [1.54, 1.807) is 50.6 Å². The number of esters is 1. The Labute approximate surface area is 205 Å². The highest BCUT2D eigenvalue weighted by Crippen LogP contribution is 2.20. The lowest BCUT2D eigenvalue weighted by molar-refractivity contribution is -0.141. The molecule has 7 nitrogen and oxygen atoms in total. The van der Waals surface area contributed by atoms with E-state index in [1.165, 1.54) is 4.90 Å². The van der Waals surface area contributed by atoms with Gasteiger partial charge < -0.3 is 14.0 Å². The lowest BCUT2D eigenvalue weighted by Gasteiger charge is -2.27. The number of aryl methyl sites for hydroxylation is 1. The molecule has 3 rings (SSSR count). The molecule has 0 aliphatic heterocycles. The molecule has 0 saturated heterocycles. The summed E-state index contributed by atoms with van der Waals surface area (Å²) in [5, 5.41) is 0. The average molecular weight is 477 g/mol. The second-order valence-corrected chi connectivity index (χ2v) is 9.26. The number of hydrogen-bond donors (Lipinski definition) is 0. The molecular formula is C28H32N2O5. The van der Waals surface area contributed by atoms with Gasteiger partial charge in [0.2, 0.25) is 0 Å². The highest BCUT2D eigenvalue weighted by molar-refractivity contribution is 5.93. The Balaban J connectivity index is 1.83. The Hall–Kier alpha value is -3.87. The standard InChI is InChI=1S/C28H32N2O5/c1-6-34-25(31)19-30(27(33)35-28(3,4)5)23-15-11-21(12-16-23)18-29-17-7-8-24(26(29)32)22-13-9-20(2)10-14-22/h7-17H,6,18-19H2,1-5H3. The van der Waals surface area contributed by atoms with Crippen molar-refractivity contribution in [2.45, 2.75) is 46.8 Å². The van der Waals surface area contributed by atoms with E-state index in [-0.39, 0.29) is 18.7 Å². The van der Waals surface area contributed by atoms with Gasteiger partial charge in [-0.3, -0.25) is 14.5 Å². The van der Waals surface area contributed by atoms with Crippen LogP contribution in [0.4, 0.5) is 10.5 Å². The minimum Gasteiger partial charge on any atom is -0.465 e. The van der Waals surface area contributed by atoms with Crippen LogP contribution in [0.2, 0.25) is 0 Å². The summed E-state index contributed by atoms with van der Waals surface area (Å²) in [7, 11) is 0. The molecule has 35 heavy (non-hydrogen) atoms. The Morgan fingerprint density at radius 3 is 2.23 bits per heavy atom. The van der Waals surface area contributed by atoms with Crippen molar-refractivity contribution in [3.05, 3.63) is 88.3 Å². The lowest BCUT2D eigenvalue weighted by atomic mass is 10.1. The van der Waals surface area contributed by atoms with E-state index < -0.39 is 17.7 Å². The monoisotopic (exact) mass is 476 g/mol. The van der Waals surface area contributed by atoms with Gasteiger partial charge >= 0.3 is 12.1 Å². The molecule has 0 fully saturated rings. The number of pyridine rings is 1. The van der Waals surface area contributed by atoms with Crippen LogP contribution in [0, 0.1) is 6.92 Å². The fourth-order valence-electron chi connectivity index (χ4n) is 3.51. The van der Waals surface area contributed by atoms with E-state index in [1.807, 2.05) is 55.5 Å². The molecule has 1 heterocycles. The molecule has 0 bridgehead atoms. The third kappa shape index (κ3) is 7.06. The van der Waals surface area contributed by atoms with Gasteiger partial charge in [-0.2, -0.15) is 0 Å². The number of carbonyl (C=O) groups is 2. The Bertz CT molecular complexity index is 1220. The molecule has 0 aliphatic rings. The number of carbonyl (C=O) groups excluding carboxylic acids is 2. The largest absolute Gasteiger partial charge is 0.465 e. The van der Waals surface area contributed by atoms with E-state index in [9.17, 15) is 14.4 Å². The predicted octanol–water partition coefficient (Wildman–Crippen LogP) is 5.18. The maximum Gasteiger partial charge on any atom is 0.415 e. The number of benzene rings is 2. The van der Waals surface area contributed by atoms with Crippen LogP contribution in [0.15, 0.2) is 71.7 Å². The molecular weight excluding hydrogens is 444 g/mol. The van der Waals surface area contributed by atoms with E-state index in [4.69, 9.17) is 9.47 Å². The minimum absolute atomic E-state index is 0.0851. The molecule has 0 N–H and O–H groups in total. The molecule has 7 heteroatoms. The Morgan fingerprint density at radius 1 is 0.971 bits per heavy atom. The third-order valence-electron chi connectivity index (χ3n) is 5.19. The van der Waals surface area contributed by atoms with E-state index in [2.05, 4.69) is 0 Å². The molecule has 3 aromatic rings. The van der Waals surface area contributed by atoms with Gasteiger partial charge in [-0.15, -0.1) is 0 Å². The second kappa shape index (κ2) is 11.0. The van der Waals surface area contributed by atoms with Crippen LogP contribution in [0.3, 0.4) is 0 Å². The maximum atomic E-state index is 13.1. The molecule has 0 unspecified atom stereocenters. The van der Waals surface area contributed by atoms with Gasteiger partial charge in [0.25, 0.3) is 5.56 Å². The summed E-state index contributed by atoms with van der Waals surface area (Å²) in [6.07, 6.45) is 1.11. The van der Waals surface area contributed by atoms with Crippen LogP contribution in [-0.4, -0.2) is 35.4 Å². The summed E-state index contributed by atoms with van der Waals surface area (Å²) >= 11 is 0. The first-order chi connectivity index (χ1) is 16.6. The summed E-state index contributed by atoms with van der Waals surface area (Å²) in [4.78, 5) is 39.2. The average Bonchev–Trinajstić information content (AvgIpc) is 2.79. The summed E-state index contributed by atoms with van der Waals surface area (Å²) in [5.41, 5.74) is 3.21. The van der Waals surface area contributed by atoms with Crippen LogP contribution in [0.5, 0.6) is 0 Å². The number of anilines is 1. The third-order valence-corrected chi connectivity index (χ3v) is 5.19. The first-order valence-corrected chi connectivity index (χ1v) is 11.6. The first-order valence-electron chi connectivity index (χ1n) is 11.6. The number of aromatic nitrogens is 1. The predicted molar refractivity (Wildman–Crippen MR) is 137 cm³/mol. The number of amides is 1. The normalized spacial score (nSPS) is 11.1. The fourth-order valence-corrected chi connectivity index (χ4v) is 3.51. The maximum absolute atomic E-state index is 13.1. The number of ether oxygens (including phenoxy) is 2. The zero-order valence-electron chi connectivity index (χ0n) is 20.9. The highest BCUT2D eigenvalue weighted by atomic mass is 16.6. The zero-order chi connectivity index (χ0) is 25.6. The Kier molecular flexibility index (Phi) is 8.12. The lowest BCUT2D eigenvalue weighted by Crippen LogP contribution is -2.40. The fraction of sp³-hybridized carbons (Fsp3) is 0.321. The van der Waals surface area contributed by atoms with Gasteiger partial charge in [-0.1, -0.05) is 42.0 Å². The minimum atomic E-state index is -0.715. The first kappa shape index (κ1) is 25.7. The molecule has 0 aliphatic carbocycles. The van der Waals surface area contributed by atoms with Gasteiger partial charge in [0.15, 0.2) is 0 Å². The van der Waals surface area contributed by atoms with Crippen molar-refractivity contribution in [3.8, 4) is 11.1 Å². The molecule has 1 aromatic heterocycles. The van der Waals surface area contributed by atoms with Crippen LogP contribution >= 0.6 is 0 Å². The Morgan fingerprint density at radius 2 is 1.63 bits per heavy atom. The van der Waals surface area contributed by atoms with Crippen molar-refractivity contribution >= 4 is 17.7 Å². The van der Waals surface area contributed by atoms with E-state index in [0.29, 0.717) is 17.8 Å². The van der Waals surface area contributed by atoms with E-state index in [0.717, 1.165) is 16.7 Å². The number of rotatable bonds is 7. The quantitative estimate of drug-likeness (QED) is 0.439.